The Hall–Kier alpha value is -3.03. The number of carbonyl (C=O) groups is 1. The number of benzene rings is 1. The van der Waals surface area contributed by atoms with Gasteiger partial charge in [0.25, 0.3) is 5.78 Å². The fraction of sp³-hybridized carbons (Fsp3) is 0.476. The second kappa shape index (κ2) is 7.42. The molecule has 1 amide bonds. The molecule has 8 nitrogen and oxygen atoms in total. The Morgan fingerprint density at radius 3 is 2.86 bits per heavy atom. The maximum absolute atomic E-state index is 12.3. The van der Waals surface area contributed by atoms with Crippen molar-refractivity contribution in [1.29, 1.82) is 0 Å². The molecule has 8 heteroatoms. The molecule has 0 bridgehead atoms. The molecule has 0 atom stereocenters. The van der Waals surface area contributed by atoms with Gasteiger partial charge in [-0.25, -0.2) is 4.98 Å². The molecule has 1 aliphatic carbocycles. The van der Waals surface area contributed by atoms with E-state index in [0.717, 1.165) is 41.6 Å². The van der Waals surface area contributed by atoms with Crippen LogP contribution in [0.4, 0.5) is 0 Å². The van der Waals surface area contributed by atoms with Crippen LogP contribution in [-0.4, -0.2) is 41.1 Å². The van der Waals surface area contributed by atoms with Gasteiger partial charge in [-0.3, -0.25) is 9.20 Å². The number of carbonyl (C=O) groups excluding carboxylic acids is 1. The van der Waals surface area contributed by atoms with E-state index in [9.17, 15) is 4.79 Å². The first-order valence-corrected chi connectivity index (χ1v) is 10.5. The molecule has 3 aromatic heterocycles. The molecule has 4 aromatic rings. The topological polar surface area (TPSA) is 89.5 Å². The lowest BCUT2D eigenvalue weighted by Gasteiger charge is -2.22. The summed E-state index contributed by atoms with van der Waals surface area (Å²) in [4.78, 5) is 16.9. The van der Waals surface area contributed by atoms with Gasteiger partial charge in [0, 0.05) is 24.3 Å². The highest BCUT2D eigenvalue weighted by Gasteiger charge is 2.18. The Morgan fingerprint density at radius 1 is 1.17 bits per heavy atom. The summed E-state index contributed by atoms with van der Waals surface area (Å²) >= 11 is 0. The lowest BCUT2D eigenvalue weighted by molar-refractivity contribution is -0.122. The first-order chi connectivity index (χ1) is 14.2. The highest BCUT2D eigenvalue weighted by Crippen LogP contribution is 2.23. The SMILES string of the molecule is Cc1nc2c3ccccc3n3c(CCCC(=O)NC4CCCCC4)nnc3n2n1. The smallest absolute Gasteiger partial charge is 0.258 e. The van der Waals surface area contributed by atoms with E-state index in [4.69, 9.17) is 0 Å². The molecule has 1 aliphatic rings. The number of nitrogens with one attached hydrogen (secondary N) is 1. The zero-order chi connectivity index (χ0) is 19.8. The summed E-state index contributed by atoms with van der Waals surface area (Å²) in [6.07, 6.45) is 7.89. The Balaban J connectivity index is 1.39. The average molecular weight is 391 g/mol. The van der Waals surface area contributed by atoms with Crippen molar-refractivity contribution < 1.29 is 4.79 Å². The van der Waals surface area contributed by atoms with Gasteiger partial charge in [-0.05, 0) is 38.3 Å². The molecule has 0 aliphatic heterocycles. The minimum absolute atomic E-state index is 0.143. The highest BCUT2D eigenvalue weighted by atomic mass is 16.1. The summed E-state index contributed by atoms with van der Waals surface area (Å²) < 4.78 is 3.79. The van der Waals surface area contributed by atoms with Crippen LogP contribution in [-0.2, 0) is 11.2 Å². The number of hydrogen-bond acceptors (Lipinski definition) is 5. The molecule has 0 unspecified atom stereocenters. The minimum atomic E-state index is 0.143. The molecule has 1 fully saturated rings. The number of para-hydroxylation sites is 1. The molecular weight excluding hydrogens is 366 g/mol. The average Bonchev–Trinajstić information content (AvgIpc) is 3.32. The zero-order valence-electron chi connectivity index (χ0n) is 16.6. The van der Waals surface area contributed by atoms with E-state index in [1.807, 2.05) is 29.5 Å². The van der Waals surface area contributed by atoms with Gasteiger partial charge in [-0.1, -0.05) is 31.4 Å². The maximum Gasteiger partial charge on any atom is 0.258 e. The molecule has 0 radical (unpaired) electrons. The molecule has 1 saturated carbocycles. The maximum atomic E-state index is 12.3. The van der Waals surface area contributed by atoms with Gasteiger partial charge >= 0.3 is 0 Å². The number of aryl methyl sites for hydroxylation is 2. The van der Waals surface area contributed by atoms with Crippen molar-refractivity contribution in [3.05, 3.63) is 35.9 Å². The summed E-state index contributed by atoms with van der Waals surface area (Å²) in [6.45, 7) is 1.88. The third-order valence-corrected chi connectivity index (χ3v) is 5.78. The number of hydrogen-bond donors (Lipinski definition) is 1. The van der Waals surface area contributed by atoms with Gasteiger partial charge in [-0.2, -0.15) is 4.52 Å². The van der Waals surface area contributed by atoms with Crippen LogP contribution in [0.25, 0.3) is 22.3 Å². The standard InChI is InChI=1S/C21H25N7O/c1-14-22-20-16-10-5-6-11-17(16)27-18(24-25-21(27)28(20)26-14)12-7-13-19(29)23-15-8-3-2-4-9-15/h5-6,10-11,15H,2-4,7-9,12-13H2,1H3,(H,23,29). The number of nitrogens with zero attached hydrogens (tertiary/aromatic N) is 6. The minimum Gasteiger partial charge on any atom is -0.353 e. The van der Waals surface area contributed by atoms with Gasteiger partial charge in [-0.15, -0.1) is 15.3 Å². The highest BCUT2D eigenvalue weighted by molar-refractivity contribution is 5.93. The summed E-state index contributed by atoms with van der Waals surface area (Å²) in [5.74, 6) is 2.34. The van der Waals surface area contributed by atoms with Crippen LogP contribution >= 0.6 is 0 Å². The van der Waals surface area contributed by atoms with Crippen molar-refractivity contribution in [2.24, 2.45) is 0 Å². The lowest BCUT2D eigenvalue weighted by atomic mass is 9.95. The molecule has 1 aromatic carbocycles. The number of fused-ring (bicyclic) bond motifs is 6. The molecule has 5 rings (SSSR count). The van der Waals surface area contributed by atoms with Gasteiger partial charge in [0.2, 0.25) is 5.91 Å². The fourth-order valence-corrected chi connectivity index (χ4v) is 4.39. The summed E-state index contributed by atoms with van der Waals surface area (Å²) in [5, 5.41) is 17.5. The normalized spacial score (nSPS) is 15.5. The van der Waals surface area contributed by atoms with Gasteiger partial charge in [0.15, 0.2) is 5.65 Å². The Kier molecular flexibility index (Phi) is 4.61. The van der Waals surface area contributed by atoms with Crippen molar-refractivity contribution >= 4 is 28.2 Å². The van der Waals surface area contributed by atoms with E-state index in [2.05, 4.69) is 31.7 Å². The van der Waals surface area contributed by atoms with Crippen LogP contribution < -0.4 is 5.32 Å². The van der Waals surface area contributed by atoms with Crippen LogP contribution in [0.1, 0.15) is 56.6 Å². The second-order valence-corrected chi connectivity index (χ2v) is 7.92. The fourth-order valence-electron chi connectivity index (χ4n) is 4.39. The van der Waals surface area contributed by atoms with Crippen molar-refractivity contribution in [3.8, 4) is 0 Å². The van der Waals surface area contributed by atoms with E-state index in [1.165, 1.54) is 19.3 Å². The molecule has 3 heterocycles. The van der Waals surface area contributed by atoms with Gasteiger partial charge < -0.3 is 5.32 Å². The van der Waals surface area contributed by atoms with E-state index in [-0.39, 0.29) is 5.91 Å². The first-order valence-electron chi connectivity index (χ1n) is 10.5. The van der Waals surface area contributed by atoms with E-state index < -0.39 is 0 Å². The summed E-state index contributed by atoms with van der Waals surface area (Å²) in [6, 6.07) is 8.45. The Morgan fingerprint density at radius 2 is 2.00 bits per heavy atom. The third kappa shape index (κ3) is 3.32. The number of rotatable bonds is 5. The van der Waals surface area contributed by atoms with Crippen molar-refractivity contribution in [3.63, 3.8) is 0 Å². The zero-order valence-corrected chi connectivity index (χ0v) is 16.6. The lowest BCUT2D eigenvalue weighted by Crippen LogP contribution is -2.36. The van der Waals surface area contributed by atoms with Gasteiger partial charge in [0.1, 0.15) is 11.6 Å². The van der Waals surface area contributed by atoms with Crippen LogP contribution in [0.15, 0.2) is 24.3 Å². The second-order valence-electron chi connectivity index (χ2n) is 7.92. The van der Waals surface area contributed by atoms with Crippen molar-refractivity contribution in [2.45, 2.75) is 64.3 Å². The molecule has 150 valence electrons. The van der Waals surface area contributed by atoms with E-state index in [1.54, 1.807) is 4.52 Å². The monoisotopic (exact) mass is 391 g/mol. The van der Waals surface area contributed by atoms with Crippen molar-refractivity contribution in [2.75, 3.05) is 0 Å². The van der Waals surface area contributed by atoms with Crippen LogP contribution in [0, 0.1) is 6.92 Å². The quantitative estimate of drug-likeness (QED) is 0.565. The molecule has 0 saturated heterocycles. The van der Waals surface area contributed by atoms with Crippen LogP contribution in [0.3, 0.4) is 0 Å². The molecular formula is C21H25N7O. The van der Waals surface area contributed by atoms with Crippen LogP contribution in [0.2, 0.25) is 0 Å². The number of amides is 1. The van der Waals surface area contributed by atoms with E-state index >= 15 is 0 Å². The largest absolute Gasteiger partial charge is 0.353 e. The molecule has 1 N–H and O–H groups in total. The van der Waals surface area contributed by atoms with Crippen molar-refractivity contribution in [1.82, 2.24) is 34.5 Å². The Bertz CT molecular complexity index is 1190. The number of aromatic nitrogens is 6. The van der Waals surface area contributed by atoms with Crippen LogP contribution in [0.5, 0.6) is 0 Å². The molecule has 29 heavy (non-hydrogen) atoms. The third-order valence-electron chi connectivity index (χ3n) is 5.78. The first kappa shape index (κ1) is 18.0. The molecule has 0 spiro atoms. The predicted molar refractivity (Wildman–Crippen MR) is 110 cm³/mol. The summed E-state index contributed by atoms with van der Waals surface area (Å²) in [5.41, 5.74) is 1.80. The van der Waals surface area contributed by atoms with E-state index in [0.29, 0.717) is 30.5 Å². The summed E-state index contributed by atoms with van der Waals surface area (Å²) in [7, 11) is 0. The predicted octanol–water partition coefficient (Wildman–Crippen LogP) is 3.01. The Labute approximate surface area is 168 Å². The van der Waals surface area contributed by atoms with Gasteiger partial charge in [0.05, 0.1) is 5.52 Å².